The summed E-state index contributed by atoms with van der Waals surface area (Å²) in [5, 5.41) is 0. The van der Waals surface area contributed by atoms with Crippen LogP contribution in [-0.4, -0.2) is 30.8 Å². The molecule has 168 valence electrons. The normalized spacial score (nSPS) is 25.5. The Bertz CT molecular complexity index is 867. The van der Waals surface area contributed by atoms with Crippen molar-refractivity contribution in [3.05, 3.63) is 108 Å². The lowest BCUT2D eigenvalue weighted by atomic mass is 9.99. The molecule has 0 spiro atoms. The molecule has 1 aliphatic rings. The Hall–Kier alpha value is -2.57. The van der Waals surface area contributed by atoms with Gasteiger partial charge in [0, 0.05) is 0 Å². The molecule has 1 aliphatic heterocycles. The second-order valence-electron chi connectivity index (χ2n) is 7.98. The fraction of sp³-hybridized carbons (Fsp3) is 0.333. The first-order chi connectivity index (χ1) is 15.7. The van der Waals surface area contributed by atoms with Gasteiger partial charge in [-0.05, 0) is 23.6 Å². The van der Waals surface area contributed by atoms with Crippen LogP contribution in [0.5, 0.6) is 0 Å². The zero-order chi connectivity index (χ0) is 22.2. The summed E-state index contributed by atoms with van der Waals surface area (Å²) in [5.41, 5.74) is 3.00. The smallest absolute Gasteiger partial charge is 0.228 e. The molecule has 5 atom stereocenters. The number of alkyl halides is 1. The number of halogens is 1. The first-order valence-corrected chi connectivity index (χ1v) is 11.0. The largest absolute Gasteiger partial charge is 0.368 e. The van der Waals surface area contributed by atoms with E-state index >= 15 is 4.39 Å². The lowest BCUT2D eigenvalue weighted by molar-refractivity contribution is -0.288. The van der Waals surface area contributed by atoms with Crippen LogP contribution in [0.2, 0.25) is 0 Å². The van der Waals surface area contributed by atoms with Gasteiger partial charge in [0.25, 0.3) is 0 Å². The number of ether oxygens (including phenoxy) is 4. The lowest BCUT2D eigenvalue weighted by Crippen LogP contribution is -2.58. The predicted molar refractivity (Wildman–Crippen MR) is 121 cm³/mol. The Labute approximate surface area is 188 Å². The van der Waals surface area contributed by atoms with Crippen molar-refractivity contribution >= 4 is 0 Å². The van der Waals surface area contributed by atoms with E-state index in [9.17, 15) is 0 Å². The highest BCUT2D eigenvalue weighted by molar-refractivity contribution is 5.15. The molecular weight excluding hydrogens is 407 g/mol. The standard InChI is InChI=1S/C27H29FO4/c1-20-24(29-17-21-11-5-2-6-12-21)25(30-18-22-13-7-3-8-14-22)26(27(28)32-20)31-19-23-15-9-4-10-16-23/h2-16,20,24-27H,17-19H2,1H3/t20-,24+,25+,26-,27?/m0/s1. The van der Waals surface area contributed by atoms with Crippen molar-refractivity contribution in [1.82, 2.24) is 0 Å². The van der Waals surface area contributed by atoms with Crippen LogP contribution in [0.15, 0.2) is 91.0 Å². The number of benzene rings is 3. The van der Waals surface area contributed by atoms with Crippen molar-refractivity contribution in [1.29, 1.82) is 0 Å². The maximum Gasteiger partial charge on any atom is 0.228 e. The summed E-state index contributed by atoms with van der Waals surface area (Å²) in [6.07, 6.45) is -4.10. The Balaban J connectivity index is 1.50. The fourth-order valence-corrected chi connectivity index (χ4v) is 3.85. The zero-order valence-electron chi connectivity index (χ0n) is 18.2. The lowest BCUT2D eigenvalue weighted by Gasteiger charge is -2.42. The monoisotopic (exact) mass is 436 g/mol. The van der Waals surface area contributed by atoms with Crippen LogP contribution < -0.4 is 0 Å². The molecule has 3 aromatic rings. The molecule has 1 unspecified atom stereocenters. The second-order valence-corrected chi connectivity index (χ2v) is 7.98. The van der Waals surface area contributed by atoms with Gasteiger partial charge in [-0.25, -0.2) is 4.39 Å². The third kappa shape index (κ3) is 6.02. The fourth-order valence-electron chi connectivity index (χ4n) is 3.85. The van der Waals surface area contributed by atoms with Crippen LogP contribution in [-0.2, 0) is 38.8 Å². The van der Waals surface area contributed by atoms with Gasteiger partial charge in [-0.1, -0.05) is 91.0 Å². The van der Waals surface area contributed by atoms with Crippen LogP contribution >= 0.6 is 0 Å². The minimum Gasteiger partial charge on any atom is -0.368 e. The molecule has 3 aromatic carbocycles. The topological polar surface area (TPSA) is 36.9 Å². The molecule has 4 rings (SSSR count). The van der Waals surface area contributed by atoms with Gasteiger partial charge in [0.2, 0.25) is 6.36 Å². The molecule has 0 radical (unpaired) electrons. The Morgan fingerprint density at radius 3 is 1.41 bits per heavy atom. The van der Waals surface area contributed by atoms with Crippen LogP contribution in [0.3, 0.4) is 0 Å². The van der Waals surface area contributed by atoms with Gasteiger partial charge in [-0.15, -0.1) is 0 Å². The number of hydrogen-bond donors (Lipinski definition) is 0. The van der Waals surface area contributed by atoms with E-state index in [1.54, 1.807) is 0 Å². The first kappa shape index (κ1) is 22.6. The summed E-state index contributed by atoms with van der Waals surface area (Å²) in [4.78, 5) is 0. The quantitative estimate of drug-likeness (QED) is 0.447. The van der Waals surface area contributed by atoms with Crippen LogP contribution in [0, 0.1) is 0 Å². The average Bonchev–Trinajstić information content (AvgIpc) is 2.83. The van der Waals surface area contributed by atoms with Gasteiger partial charge < -0.3 is 18.9 Å². The van der Waals surface area contributed by atoms with Gasteiger partial charge in [0.05, 0.1) is 25.9 Å². The third-order valence-corrected chi connectivity index (χ3v) is 5.57. The molecular formula is C27H29FO4. The minimum absolute atomic E-state index is 0.264. The highest BCUT2D eigenvalue weighted by Gasteiger charge is 2.47. The van der Waals surface area contributed by atoms with Gasteiger partial charge in [-0.3, -0.25) is 0 Å². The summed E-state index contributed by atoms with van der Waals surface area (Å²) in [5.74, 6) is 0. The van der Waals surface area contributed by atoms with Gasteiger partial charge in [-0.2, -0.15) is 0 Å². The number of hydrogen-bond acceptors (Lipinski definition) is 4. The number of rotatable bonds is 9. The third-order valence-electron chi connectivity index (χ3n) is 5.57. The summed E-state index contributed by atoms with van der Waals surface area (Å²) in [6.45, 7) is 2.79. The molecule has 0 bridgehead atoms. The Kier molecular flexibility index (Phi) is 8.02. The van der Waals surface area contributed by atoms with E-state index in [4.69, 9.17) is 18.9 Å². The van der Waals surface area contributed by atoms with Crippen LogP contribution in [0.4, 0.5) is 4.39 Å². The maximum absolute atomic E-state index is 15.0. The van der Waals surface area contributed by atoms with E-state index in [2.05, 4.69) is 0 Å². The second kappa shape index (κ2) is 11.3. The molecule has 0 amide bonds. The summed E-state index contributed by atoms with van der Waals surface area (Å²) in [6, 6.07) is 29.4. The molecule has 1 saturated heterocycles. The predicted octanol–water partition coefficient (Wildman–Crippen LogP) is 5.46. The van der Waals surface area contributed by atoms with Crippen molar-refractivity contribution in [2.24, 2.45) is 0 Å². The van der Waals surface area contributed by atoms with E-state index < -0.39 is 30.8 Å². The minimum atomic E-state index is -1.61. The van der Waals surface area contributed by atoms with Crippen molar-refractivity contribution < 1.29 is 23.3 Å². The molecule has 5 heteroatoms. The maximum atomic E-state index is 15.0. The first-order valence-electron chi connectivity index (χ1n) is 11.0. The van der Waals surface area contributed by atoms with E-state index in [0.717, 1.165) is 16.7 Å². The summed E-state index contributed by atoms with van der Waals surface area (Å²) in [7, 11) is 0. The molecule has 0 aliphatic carbocycles. The highest BCUT2D eigenvalue weighted by atomic mass is 19.1. The van der Waals surface area contributed by atoms with E-state index in [0.29, 0.717) is 13.2 Å². The molecule has 1 heterocycles. The van der Waals surface area contributed by atoms with Gasteiger partial charge >= 0.3 is 0 Å². The van der Waals surface area contributed by atoms with E-state index in [1.165, 1.54) is 0 Å². The molecule has 0 N–H and O–H groups in total. The van der Waals surface area contributed by atoms with Crippen molar-refractivity contribution in [3.63, 3.8) is 0 Å². The van der Waals surface area contributed by atoms with E-state index in [-0.39, 0.29) is 6.61 Å². The molecule has 0 saturated carbocycles. The Morgan fingerprint density at radius 2 is 0.969 bits per heavy atom. The zero-order valence-corrected chi connectivity index (χ0v) is 18.2. The SMILES string of the molecule is C[C@@H]1OC(F)[C@@H](OCc2ccccc2)[C@H](OCc2ccccc2)[C@@H]1OCc1ccccc1. The van der Waals surface area contributed by atoms with Crippen LogP contribution in [0.1, 0.15) is 23.6 Å². The van der Waals surface area contributed by atoms with Crippen molar-refractivity contribution in [2.75, 3.05) is 0 Å². The molecule has 32 heavy (non-hydrogen) atoms. The van der Waals surface area contributed by atoms with Crippen LogP contribution in [0.25, 0.3) is 0 Å². The molecule has 4 nitrogen and oxygen atoms in total. The average molecular weight is 437 g/mol. The van der Waals surface area contributed by atoms with Crippen molar-refractivity contribution in [3.8, 4) is 0 Å². The van der Waals surface area contributed by atoms with E-state index in [1.807, 2.05) is 97.9 Å². The molecule has 1 fully saturated rings. The highest BCUT2D eigenvalue weighted by Crippen LogP contribution is 2.30. The Morgan fingerprint density at radius 1 is 0.594 bits per heavy atom. The van der Waals surface area contributed by atoms with Gasteiger partial charge in [0.1, 0.15) is 18.3 Å². The summed E-state index contributed by atoms with van der Waals surface area (Å²) < 4.78 is 39.1. The van der Waals surface area contributed by atoms with Crippen molar-refractivity contribution in [2.45, 2.75) is 57.5 Å². The van der Waals surface area contributed by atoms with Gasteiger partial charge in [0.15, 0.2) is 0 Å². The molecule has 0 aromatic heterocycles. The summed E-state index contributed by atoms with van der Waals surface area (Å²) >= 11 is 0.